The molecule has 2 bridgehead atoms. The number of benzene rings is 2. The van der Waals surface area contributed by atoms with Crippen molar-refractivity contribution in [2.24, 2.45) is 10.8 Å². The van der Waals surface area contributed by atoms with Crippen molar-refractivity contribution in [1.29, 1.82) is 0 Å². The lowest BCUT2D eigenvalue weighted by atomic mass is 9.65. The highest BCUT2D eigenvalue weighted by Crippen LogP contribution is 2.53. The first-order chi connectivity index (χ1) is 18.3. The standard InChI is InChI=1S/C28H33N3O6S2/c1-27(2)15-22-16-28(3,18-27)19-31(22)39(35,36)25-10-6-20(7-11-25)26(32)30-21-8-12-24(13-9-21)38(33,34)29-17-23-5-4-14-37-23/h4-14,22,29H,15-19H2,1-3H3,(H,30,32). The van der Waals surface area contributed by atoms with Crippen LogP contribution in [0.15, 0.2) is 81.1 Å². The first-order valence-corrected chi connectivity index (χ1v) is 15.7. The molecule has 2 unspecified atom stereocenters. The summed E-state index contributed by atoms with van der Waals surface area (Å²) in [6.45, 7) is 7.11. The van der Waals surface area contributed by atoms with Crippen LogP contribution in [0, 0.1) is 10.8 Å². The van der Waals surface area contributed by atoms with Crippen molar-refractivity contribution in [1.82, 2.24) is 9.03 Å². The Morgan fingerprint density at radius 3 is 2.26 bits per heavy atom. The van der Waals surface area contributed by atoms with Gasteiger partial charge in [-0.05, 0) is 90.8 Å². The monoisotopic (exact) mass is 571 g/mol. The Morgan fingerprint density at radius 2 is 1.62 bits per heavy atom. The van der Waals surface area contributed by atoms with Gasteiger partial charge in [0.2, 0.25) is 20.0 Å². The van der Waals surface area contributed by atoms with Gasteiger partial charge in [0.1, 0.15) is 5.76 Å². The Morgan fingerprint density at radius 1 is 0.949 bits per heavy atom. The molecular weight excluding hydrogens is 538 g/mol. The van der Waals surface area contributed by atoms with Crippen LogP contribution in [0.1, 0.15) is 56.2 Å². The van der Waals surface area contributed by atoms with Gasteiger partial charge in [-0.25, -0.2) is 21.6 Å². The second-order valence-electron chi connectivity index (χ2n) is 11.7. The van der Waals surface area contributed by atoms with Gasteiger partial charge in [-0.2, -0.15) is 4.31 Å². The Bertz CT molecular complexity index is 1560. The summed E-state index contributed by atoms with van der Waals surface area (Å²) in [5, 5.41) is 2.72. The molecule has 2 N–H and O–H groups in total. The van der Waals surface area contributed by atoms with E-state index in [2.05, 4.69) is 30.8 Å². The summed E-state index contributed by atoms with van der Waals surface area (Å²) in [5.74, 6) is 0.0551. The van der Waals surface area contributed by atoms with Crippen molar-refractivity contribution in [3.8, 4) is 0 Å². The SMILES string of the molecule is CC1(C)CC2CC(C)(CN2S(=O)(=O)c2ccc(C(=O)Nc3ccc(S(=O)(=O)NCc4ccco4)cc3)cc2)C1. The highest BCUT2D eigenvalue weighted by Gasteiger charge is 2.53. The second-order valence-corrected chi connectivity index (χ2v) is 15.3. The van der Waals surface area contributed by atoms with Crippen molar-refractivity contribution < 1.29 is 26.0 Å². The van der Waals surface area contributed by atoms with Crippen LogP contribution >= 0.6 is 0 Å². The van der Waals surface area contributed by atoms with Gasteiger partial charge in [-0.1, -0.05) is 20.8 Å². The van der Waals surface area contributed by atoms with Crippen LogP contribution in [0.4, 0.5) is 5.69 Å². The summed E-state index contributed by atoms with van der Waals surface area (Å²) in [5.41, 5.74) is 0.771. The zero-order chi connectivity index (χ0) is 28.1. The maximum Gasteiger partial charge on any atom is 0.255 e. The average molecular weight is 572 g/mol. The lowest BCUT2D eigenvalue weighted by molar-refractivity contribution is 0.102. The Hall–Kier alpha value is -2.99. The van der Waals surface area contributed by atoms with Gasteiger partial charge in [0.05, 0.1) is 22.6 Å². The Labute approximate surface area is 229 Å². The minimum atomic E-state index is -3.76. The van der Waals surface area contributed by atoms with E-state index < -0.39 is 26.0 Å². The zero-order valence-corrected chi connectivity index (χ0v) is 23.8. The first kappa shape index (κ1) is 27.6. The minimum Gasteiger partial charge on any atom is -0.468 e. The van der Waals surface area contributed by atoms with Gasteiger partial charge >= 0.3 is 0 Å². The van der Waals surface area contributed by atoms with Crippen LogP contribution < -0.4 is 10.0 Å². The summed E-state index contributed by atoms with van der Waals surface area (Å²) in [7, 11) is -7.45. The number of carbonyl (C=O) groups is 1. The summed E-state index contributed by atoms with van der Waals surface area (Å²) in [6, 6.07) is 15.0. The lowest BCUT2D eigenvalue weighted by Crippen LogP contribution is -2.37. The number of hydrogen-bond acceptors (Lipinski definition) is 6. The van der Waals surface area contributed by atoms with Crippen molar-refractivity contribution in [3.05, 3.63) is 78.3 Å². The van der Waals surface area contributed by atoms with E-state index in [1.807, 2.05) is 0 Å². The quantitative estimate of drug-likeness (QED) is 0.407. The van der Waals surface area contributed by atoms with Gasteiger partial charge in [0, 0.05) is 23.8 Å². The Kier molecular flexibility index (Phi) is 6.99. The molecule has 1 aliphatic carbocycles. The molecule has 9 nitrogen and oxygen atoms in total. The van der Waals surface area contributed by atoms with E-state index in [4.69, 9.17) is 4.42 Å². The number of hydrogen-bond donors (Lipinski definition) is 2. The van der Waals surface area contributed by atoms with Gasteiger partial charge in [-0.3, -0.25) is 4.79 Å². The molecule has 2 heterocycles. The highest BCUT2D eigenvalue weighted by atomic mass is 32.2. The third-order valence-corrected chi connectivity index (χ3v) is 10.9. The third-order valence-electron chi connectivity index (χ3n) is 7.53. The van der Waals surface area contributed by atoms with Crippen LogP contribution in [0.3, 0.4) is 0 Å². The fourth-order valence-corrected chi connectivity index (χ4v) is 8.95. The summed E-state index contributed by atoms with van der Waals surface area (Å²) >= 11 is 0. The molecule has 1 aromatic heterocycles. The number of sulfonamides is 2. The molecule has 5 rings (SSSR count). The number of carbonyl (C=O) groups excluding carboxylic acids is 1. The molecule has 2 atom stereocenters. The van der Waals surface area contributed by atoms with E-state index in [-0.39, 0.29) is 33.2 Å². The predicted molar refractivity (Wildman–Crippen MR) is 147 cm³/mol. The molecule has 3 aromatic rings. The zero-order valence-electron chi connectivity index (χ0n) is 22.2. The van der Waals surface area contributed by atoms with Crippen LogP contribution in [0.2, 0.25) is 0 Å². The molecule has 2 fully saturated rings. The number of anilines is 1. The van der Waals surface area contributed by atoms with E-state index in [9.17, 15) is 21.6 Å². The highest BCUT2D eigenvalue weighted by molar-refractivity contribution is 7.89. The van der Waals surface area contributed by atoms with E-state index in [0.29, 0.717) is 23.6 Å². The van der Waals surface area contributed by atoms with Crippen molar-refractivity contribution in [2.45, 2.75) is 62.4 Å². The molecule has 39 heavy (non-hydrogen) atoms. The van der Waals surface area contributed by atoms with E-state index >= 15 is 0 Å². The number of fused-ring (bicyclic) bond motifs is 2. The largest absolute Gasteiger partial charge is 0.468 e. The van der Waals surface area contributed by atoms with Gasteiger partial charge in [0.25, 0.3) is 5.91 Å². The number of nitrogens with one attached hydrogen (secondary N) is 2. The van der Waals surface area contributed by atoms with E-state index in [1.165, 1.54) is 54.8 Å². The normalized spacial score (nSPS) is 23.0. The van der Waals surface area contributed by atoms with Gasteiger partial charge in [-0.15, -0.1) is 0 Å². The molecular formula is C28H33N3O6S2. The Balaban J connectivity index is 1.23. The number of amides is 1. The van der Waals surface area contributed by atoms with Crippen LogP contribution in [-0.4, -0.2) is 39.6 Å². The molecule has 1 amide bonds. The third kappa shape index (κ3) is 5.81. The first-order valence-electron chi connectivity index (χ1n) is 12.8. The van der Waals surface area contributed by atoms with Crippen LogP contribution in [0.25, 0.3) is 0 Å². The molecule has 208 valence electrons. The van der Waals surface area contributed by atoms with Gasteiger partial charge < -0.3 is 9.73 Å². The topological polar surface area (TPSA) is 126 Å². The van der Waals surface area contributed by atoms with Crippen LogP contribution in [0.5, 0.6) is 0 Å². The molecule has 1 aliphatic heterocycles. The molecule has 1 saturated carbocycles. The minimum absolute atomic E-state index is 0.0150. The lowest BCUT2D eigenvalue weighted by Gasteiger charge is -2.39. The molecule has 2 aliphatic rings. The van der Waals surface area contributed by atoms with Gasteiger partial charge in [0.15, 0.2) is 0 Å². The van der Waals surface area contributed by atoms with Crippen molar-refractivity contribution in [2.75, 3.05) is 11.9 Å². The van der Waals surface area contributed by atoms with E-state index in [1.54, 1.807) is 16.4 Å². The predicted octanol–water partition coefficient (Wildman–Crippen LogP) is 4.60. The number of nitrogens with zero attached hydrogens (tertiary/aromatic N) is 1. The second kappa shape index (κ2) is 9.88. The summed E-state index contributed by atoms with van der Waals surface area (Å²) < 4.78 is 61.3. The summed E-state index contributed by atoms with van der Waals surface area (Å²) in [6.07, 6.45) is 4.17. The molecule has 1 saturated heterocycles. The maximum absolute atomic E-state index is 13.5. The summed E-state index contributed by atoms with van der Waals surface area (Å²) in [4.78, 5) is 13.0. The smallest absolute Gasteiger partial charge is 0.255 e. The van der Waals surface area contributed by atoms with E-state index in [0.717, 1.165) is 19.3 Å². The van der Waals surface area contributed by atoms with Crippen molar-refractivity contribution in [3.63, 3.8) is 0 Å². The average Bonchev–Trinajstić information content (AvgIpc) is 3.48. The van der Waals surface area contributed by atoms with Crippen LogP contribution in [-0.2, 0) is 26.6 Å². The number of rotatable bonds is 8. The fraction of sp³-hybridized carbons (Fsp3) is 0.393. The molecule has 0 radical (unpaired) electrons. The molecule has 2 aromatic carbocycles. The maximum atomic E-state index is 13.5. The number of furan rings is 1. The molecule has 11 heteroatoms. The van der Waals surface area contributed by atoms with Crippen molar-refractivity contribution >= 4 is 31.6 Å². The molecule has 0 spiro atoms. The fourth-order valence-electron chi connectivity index (χ4n) is 6.19.